The Morgan fingerprint density at radius 1 is 0.682 bits per heavy atom. The zero-order valence-electron chi connectivity index (χ0n) is 24.3. The summed E-state index contributed by atoms with van der Waals surface area (Å²) in [5, 5.41) is 26.1. The topological polar surface area (TPSA) is 142 Å². The molecule has 6 heterocycles. The molecule has 4 aromatic heterocycles. The van der Waals surface area contributed by atoms with Crippen LogP contribution in [0.25, 0.3) is 0 Å². The molecule has 0 aromatic carbocycles. The molecule has 7 rings (SSSR count). The summed E-state index contributed by atoms with van der Waals surface area (Å²) in [7, 11) is 0. The highest BCUT2D eigenvalue weighted by Gasteiger charge is 2.30. The molecule has 228 valence electrons. The molecule has 14 heteroatoms. The number of carbonyl (C=O) groups is 2. The Hall–Kier alpha value is -4.04. The summed E-state index contributed by atoms with van der Waals surface area (Å²) >= 11 is 2.87. The second kappa shape index (κ2) is 12.9. The summed E-state index contributed by atoms with van der Waals surface area (Å²) < 4.78 is 0. The fourth-order valence-electron chi connectivity index (χ4n) is 5.77. The number of hydrogen-bond donors (Lipinski definition) is 2. The van der Waals surface area contributed by atoms with Crippen LogP contribution in [0.5, 0.6) is 0 Å². The predicted molar refractivity (Wildman–Crippen MR) is 171 cm³/mol. The number of rotatable bonds is 10. The van der Waals surface area contributed by atoms with Gasteiger partial charge in [0.15, 0.2) is 0 Å². The van der Waals surface area contributed by atoms with Crippen molar-refractivity contribution >= 4 is 56.4 Å². The van der Waals surface area contributed by atoms with Crippen molar-refractivity contribution in [2.75, 3.05) is 46.6 Å². The third-order valence-corrected chi connectivity index (χ3v) is 10.4. The van der Waals surface area contributed by atoms with Crippen LogP contribution in [-0.2, 0) is 22.4 Å². The first kappa shape index (κ1) is 28.7. The Morgan fingerprint density at radius 3 is 1.59 bits per heavy atom. The molecule has 2 N–H and O–H groups in total. The van der Waals surface area contributed by atoms with Gasteiger partial charge in [-0.05, 0) is 56.4 Å². The van der Waals surface area contributed by atoms with Crippen LogP contribution in [0.1, 0.15) is 71.8 Å². The number of aromatic nitrogens is 6. The predicted octanol–water partition coefficient (Wildman–Crippen LogP) is 4.40. The van der Waals surface area contributed by atoms with E-state index in [1.54, 1.807) is 0 Å². The molecule has 1 aliphatic carbocycles. The molecule has 0 spiro atoms. The van der Waals surface area contributed by atoms with Crippen LogP contribution in [0.2, 0.25) is 0 Å². The molecule has 1 saturated carbocycles. The number of pyridine rings is 2. The molecule has 2 amide bonds. The van der Waals surface area contributed by atoms with Crippen LogP contribution in [-0.4, -0.2) is 68.4 Å². The summed E-state index contributed by atoms with van der Waals surface area (Å²) in [6.45, 7) is 4.06. The zero-order valence-corrected chi connectivity index (χ0v) is 25.9. The number of anilines is 4. The summed E-state index contributed by atoms with van der Waals surface area (Å²) in [4.78, 5) is 39.2. The van der Waals surface area contributed by atoms with E-state index in [-0.39, 0.29) is 36.5 Å². The SMILES string of the molecule is O=C(Cc1cccc(N2CCC2)n1)Nc1nnc([C@H]2CCC[C@H](c3nnc(NC(=O)Cc4cccc(N5CCC5)n4)s3)C2)s1. The van der Waals surface area contributed by atoms with Crippen molar-refractivity contribution in [2.45, 2.75) is 63.2 Å². The van der Waals surface area contributed by atoms with E-state index in [0.717, 1.165) is 84.9 Å². The first-order valence-electron chi connectivity index (χ1n) is 15.2. The number of nitrogens with one attached hydrogen (secondary N) is 2. The van der Waals surface area contributed by atoms with Gasteiger partial charge in [0, 0.05) is 38.0 Å². The van der Waals surface area contributed by atoms with Crippen molar-refractivity contribution in [1.29, 1.82) is 0 Å². The monoisotopic (exact) mass is 630 g/mol. The maximum atomic E-state index is 12.7. The minimum Gasteiger partial charge on any atom is -0.356 e. The molecule has 0 bridgehead atoms. The minimum absolute atomic E-state index is 0.148. The maximum Gasteiger partial charge on any atom is 0.232 e. The smallest absolute Gasteiger partial charge is 0.232 e. The van der Waals surface area contributed by atoms with Crippen molar-refractivity contribution in [3.63, 3.8) is 0 Å². The maximum absolute atomic E-state index is 12.7. The Kier molecular flexibility index (Phi) is 8.42. The Balaban J connectivity index is 0.913. The lowest BCUT2D eigenvalue weighted by Gasteiger charge is -2.32. The number of nitrogens with zero attached hydrogens (tertiary/aromatic N) is 8. The summed E-state index contributed by atoms with van der Waals surface area (Å²) in [6.07, 6.45) is 6.69. The molecule has 2 aliphatic heterocycles. The third kappa shape index (κ3) is 6.70. The second-order valence-corrected chi connectivity index (χ2v) is 13.6. The van der Waals surface area contributed by atoms with Crippen LogP contribution in [0.3, 0.4) is 0 Å². The molecule has 4 aromatic rings. The van der Waals surface area contributed by atoms with Gasteiger partial charge in [0.1, 0.15) is 21.7 Å². The van der Waals surface area contributed by atoms with Gasteiger partial charge in [0.25, 0.3) is 0 Å². The Morgan fingerprint density at radius 2 is 1.16 bits per heavy atom. The van der Waals surface area contributed by atoms with E-state index in [1.165, 1.54) is 35.5 Å². The van der Waals surface area contributed by atoms with Crippen LogP contribution < -0.4 is 20.4 Å². The van der Waals surface area contributed by atoms with Gasteiger partial charge in [0.2, 0.25) is 22.1 Å². The van der Waals surface area contributed by atoms with Gasteiger partial charge in [0.05, 0.1) is 24.2 Å². The van der Waals surface area contributed by atoms with Gasteiger partial charge in [-0.1, -0.05) is 41.2 Å². The quantitative estimate of drug-likeness (QED) is 0.259. The van der Waals surface area contributed by atoms with E-state index in [2.05, 4.69) is 50.8 Å². The molecule has 12 nitrogen and oxygen atoms in total. The second-order valence-electron chi connectivity index (χ2n) is 11.6. The largest absolute Gasteiger partial charge is 0.356 e. The average molecular weight is 631 g/mol. The molecule has 0 radical (unpaired) electrons. The van der Waals surface area contributed by atoms with Crippen molar-refractivity contribution in [3.05, 3.63) is 57.8 Å². The van der Waals surface area contributed by atoms with Crippen LogP contribution in [0, 0.1) is 0 Å². The van der Waals surface area contributed by atoms with E-state index in [0.29, 0.717) is 10.3 Å². The van der Waals surface area contributed by atoms with Crippen LogP contribution >= 0.6 is 22.7 Å². The average Bonchev–Trinajstić information content (AvgIpc) is 3.62. The first-order chi connectivity index (χ1) is 21.6. The molecule has 2 saturated heterocycles. The molecule has 44 heavy (non-hydrogen) atoms. The fraction of sp³-hybridized carbons (Fsp3) is 0.467. The standard InChI is InChI=1S/C30H34N10O2S2/c41-25(17-21-8-2-10-23(31-21)39-12-4-13-39)33-29-37-35-27(43-29)19-6-1-7-20(16-19)28-36-38-30(44-28)34-26(42)18-22-9-3-11-24(32-22)40-14-5-15-40/h2-3,8-11,19-20H,1,4-7,12-18H2,(H,33,37,41)(H,34,38,42)/t19-,20-/m0/s1. The molecule has 2 atom stereocenters. The lowest BCUT2D eigenvalue weighted by Crippen LogP contribution is -2.37. The van der Waals surface area contributed by atoms with E-state index < -0.39 is 0 Å². The molecular weight excluding hydrogens is 597 g/mol. The van der Waals surface area contributed by atoms with Crippen molar-refractivity contribution in [3.8, 4) is 0 Å². The van der Waals surface area contributed by atoms with E-state index in [4.69, 9.17) is 0 Å². The summed E-state index contributed by atoms with van der Waals surface area (Å²) in [5.41, 5.74) is 1.49. The fourth-order valence-corrected chi connectivity index (χ4v) is 7.58. The number of amides is 2. The van der Waals surface area contributed by atoms with Crippen molar-refractivity contribution in [2.24, 2.45) is 0 Å². The zero-order chi connectivity index (χ0) is 29.9. The van der Waals surface area contributed by atoms with Gasteiger partial charge < -0.3 is 20.4 Å². The molecule has 3 fully saturated rings. The Bertz CT molecular complexity index is 1520. The lowest BCUT2D eigenvalue weighted by molar-refractivity contribution is -0.116. The lowest BCUT2D eigenvalue weighted by atomic mass is 9.82. The molecule has 3 aliphatic rings. The van der Waals surface area contributed by atoms with Gasteiger partial charge in [-0.2, -0.15) is 0 Å². The first-order valence-corrected chi connectivity index (χ1v) is 16.9. The normalized spacial score (nSPS) is 19.6. The summed E-state index contributed by atoms with van der Waals surface area (Å²) in [5.74, 6) is 2.03. The van der Waals surface area contributed by atoms with E-state index >= 15 is 0 Å². The highest BCUT2D eigenvalue weighted by molar-refractivity contribution is 7.15. The van der Waals surface area contributed by atoms with E-state index in [9.17, 15) is 9.59 Å². The van der Waals surface area contributed by atoms with Gasteiger partial charge in [-0.25, -0.2) is 9.97 Å². The molecule has 0 unspecified atom stereocenters. The van der Waals surface area contributed by atoms with Crippen molar-refractivity contribution < 1.29 is 9.59 Å². The van der Waals surface area contributed by atoms with Crippen LogP contribution in [0.4, 0.5) is 21.9 Å². The van der Waals surface area contributed by atoms with Gasteiger partial charge in [-0.15, -0.1) is 20.4 Å². The summed E-state index contributed by atoms with van der Waals surface area (Å²) in [6, 6.07) is 11.6. The van der Waals surface area contributed by atoms with Gasteiger partial charge >= 0.3 is 0 Å². The van der Waals surface area contributed by atoms with Crippen molar-refractivity contribution in [1.82, 2.24) is 30.4 Å². The Labute approximate surface area is 263 Å². The third-order valence-electron chi connectivity index (χ3n) is 8.37. The highest BCUT2D eigenvalue weighted by atomic mass is 32.1. The highest BCUT2D eigenvalue weighted by Crippen LogP contribution is 2.43. The number of hydrogen-bond acceptors (Lipinski definition) is 12. The van der Waals surface area contributed by atoms with Crippen LogP contribution in [0.15, 0.2) is 36.4 Å². The van der Waals surface area contributed by atoms with E-state index in [1.807, 2.05) is 36.4 Å². The molecular formula is C30H34N10O2S2. The minimum atomic E-state index is -0.148. The number of carbonyl (C=O) groups excluding carboxylic acids is 2. The van der Waals surface area contributed by atoms with Gasteiger partial charge in [-0.3, -0.25) is 9.59 Å².